The molecule has 0 aliphatic heterocycles. The second-order valence-electron chi connectivity index (χ2n) is 6.99. The lowest BCUT2D eigenvalue weighted by Gasteiger charge is -2.14. The van der Waals surface area contributed by atoms with Crippen molar-refractivity contribution in [2.45, 2.75) is 13.8 Å². The van der Waals surface area contributed by atoms with Crippen LogP contribution in [-0.4, -0.2) is 36.1 Å². The Morgan fingerprint density at radius 2 is 1.78 bits per heavy atom. The molecule has 0 aliphatic carbocycles. The van der Waals surface area contributed by atoms with E-state index < -0.39 is 11.9 Å². The Morgan fingerprint density at radius 1 is 1.03 bits per heavy atom. The van der Waals surface area contributed by atoms with E-state index in [2.05, 4.69) is 9.97 Å². The highest BCUT2D eigenvalue weighted by Crippen LogP contribution is 2.33. The number of carbonyl (C=O) groups excluding carboxylic acids is 1. The fourth-order valence-corrected chi connectivity index (χ4v) is 3.55. The van der Waals surface area contributed by atoms with Gasteiger partial charge in [-0.2, -0.15) is 0 Å². The number of carbonyl (C=O) groups is 2. The molecule has 4 aromatic rings. The van der Waals surface area contributed by atoms with Gasteiger partial charge in [0.2, 0.25) is 0 Å². The van der Waals surface area contributed by atoms with E-state index in [1.54, 1.807) is 53.0 Å². The molecule has 10 heteroatoms. The van der Waals surface area contributed by atoms with E-state index in [9.17, 15) is 14.7 Å². The van der Waals surface area contributed by atoms with Crippen LogP contribution in [0.1, 0.15) is 32.1 Å². The quantitative estimate of drug-likeness (QED) is 0.329. The van der Waals surface area contributed by atoms with Gasteiger partial charge in [0.1, 0.15) is 0 Å². The van der Waals surface area contributed by atoms with E-state index in [0.29, 0.717) is 11.4 Å². The maximum atomic E-state index is 13.0. The molecule has 162 valence electrons. The molecular weight excluding hydrogens is 455 g/mol. The molecule has 0 saturated carbocycles. The van der Waals surface area contributed by atoms with Crippen LogP contribution in [0.4, 0.5) is 0 Å². The largest absolute Gasteiger partial charge is 0.478 e. The van der Waals surface area contributed by atoms with Gasteiger partial charge >= 0.3 is 11.9 Å². The Kier molecular flexibility index (Phi) is 5.73. The predicted octanol–water partition coefficient (Wildman–Crippen LogP) is 4.90. The number of halogens is 2. The molecule has 2 aromatic heterocycles. The minimum Gasteiger partial charge on any atom is -0.478 e. The van der Waals surface area contributed by atoms with Crippen molar-refractivity contribution in [2.75, 3.05) is 0 Å². The Labute approximate surface area is 192 Å². The molecule has 0 saturated heterocycles. The number of rotatable bonds is 5. The van der Waals surface area contributed by atoms with Crippen molar-refractivity contribution in [2.24, 2.45) is 0 Å². The third-order valence-corrected chi connectivity index (χ3v) is 5.46. The average Bonchev–Trinajstić information content (AvgIpc) is 3.37. The fraction of sp³-hybridized carbons (Fsp3) is 0.0909. The van der Waals surface area contributed by atoms with Crippen LogP contribution >= 0.6 is 23.2 Å². The molecule has 32 heavy (non-hydrogen) atoms. The van der Waals surface area contributed by atoms with Crippen LogP contribution < -0.4 is 4.74 Å². The first-order valence-electron chi connectivity index (χ1n) is 9.33. The Morgan fingerprint density at radius 3 is 2.41 bits per heavy atom. The van der Waals surface area contributed by atoms with Crippen molar-refractivity contribution in [1.29, 1.82) is 0 Å². The average molecular weight is 471 g/mol. The molecule has 2 heterocycles. The van der Waals surface area contributed by atoms with Crippen LogP contribution in [0.2, 0.25) is 10.0 Å². The summed E-state index contributed by atoms with van der Waals surface area (Å²) in [5.41, 5.74) is 2.53. The van der Waals surface area contributed by atoms with Gasteiger partial charge < -0.3 is 19.0 Å². The van der Waals surface area contributed by atoms with Gasteiger partial charge in [0.25, 0.3) is 0 Å². The molecule has 1 N–H and O–H groups in total. The lowest BCUT2D eigenvalue weighted by molar-refractivity contribution is 0.0688. The van der Waals surface area contributed by atoms with E-state index in [0.717, 1.165) is 11.4 Å². The van der Waals surface area contributed by atoms with E-state index in [1.807, 2.05) is 6.92 Å². The summed E-state index contributed by atoms with van der Waals surface area (Å²) in [5, 5.41) is 9.53. The van der Waals surface area contributed by atoms with Gasteiger partial charge in [0.15, 0.2) is 5.75 Å². The standard InChI is InChI=1S/C22H16Cl2N4O4/c1-12-9-27(11-26-12)14-3-4-18(23)16(5-14)22(31)32-19-7-15(28-10-25-8-13(28)2)6-17(20(19)24)21(29)30/h3-11H,1-2H3,(H,29,30). The van der Waals surface area contributed by atoms with Gasteiger partial charge in [-0.05, 0) is 38.1 Å². The summed E-state index contributed by atoms with van der Waals surface area (Å²) < 4.78 is 8.88. The summed E-state index contributed by atoms with van der Waals surface area (Å²) in [6, 6.07) is 7.71. The number of carboxylic acids is 1. The van der Waals surface area contributed by atoms with Gasteiger partial charge in [-0.25, -0.2) is 19.6 Å². The molecule has 0 aliphatic rings. The SMILES string of the molecule is Cc1cn(-c2ccc(Cl)c(C(=O)Oc3cc(-n4cncc4C)cc(C(=O)O)c3Cl)c2)cn1. The summed E-state index contributed by atoms with van der Waals surface area (Å²) in [6.07, 6.45) is 6.54. The van der Waals surface area contributed by atoms with Crippen LogP contribution in [0, 0.1) is 13.8 Å². The maximum Gasteiger partial charge on any atom is 0.345 e. The predicted molar refractivity (Wildman–Crippen MR) is 119 cm³/mol. The molecule has 8 nitrogen and oxygen atoms in total. The zero-order valence-electron chi connectivity index (χ0n) is 16.9. The number of hydrogen-bond donors (Lipinski definition) is 1. The minimum absolute atomic E-state index is 0.0904. The van der Waals surface area contributed by atoms with Crippen molar-refractivity contribution >= 4 is 35.1 Å². The van der Waals surface area contributed by atoms with Gasteiger partial charge in [-0.3, -0.25) is 0 Å². The van der Waals surface area contributed by atoms with Crippen LogP contribution in [0.3, 0.4) is 0 Å². The summed E-state index contributed by atoms with van der Waals surface area (Å²) in [5.74, 6) is -2.16. The summed E-state index contributed by atoms with van der Waals surface area (Å²) >= 11 is 12.5. The smallest absolute Gasteiger partial charge is 0.345 e. The second-order valence-corrected chi connectivity index (χ2v) is 7.78. The van der Waals surface area contributed by atoms with Crippen molar-refractivity contribution in [3.8, 4) is 17.1 Å². The van der Waals surface area contributed by atoms with Gasteiger partial charge in [0.05, 0.1) is 45.2 Å². The molecule has 0 spiro atoms. The molecule has 0 bridgehead atoms. The van der Waals surface area contributed by atoms with Gasteiger partial charge in [-0.1, -0.05) is 23.2 Å². The number of benzene rings is 2. The monoisotopic (exact) mass is 470 g/mol. The highest BCUT2D eigenvalue weighted by Gasteiger charge is 2.21. The number of ether oxygens (including phenoxy) is 1. The summed E-state index contributed by atoms with van der Waals surface area (Å²) in [6.45, 7) is 3.65. The maximum absolute atomic E-state index is 13.0. The number of aromatic nitrogens is 4. The zero-order valence-corrected chi connectivity index (χ0v) is 18.4. The fourth-order valence-electron chi connectivity index (χ4n) is 3.13. The Balaban J connectivity index is 1.74. The first-order chi connectivity index (χ1) is 15.2. The first kappa shape index (κ1) is 21.6. The summed E-state index contributed by atoms with van der Waals surface area (Å²) in [7, 11) is 0. The molecular formula is C22H16Cl2N4O4. The van der Waals surface area contributed by atoms with E-state index in [1.165, 1.54) is 18.5 Å². The molecule has 0 unspecified atom stereocenters. The minimum atomic E-state index is -1.26. The summed E-state index contributed by atoms with van der Waals surface area (Å²) in [4.78, 5) is 32.9. The topological polar surface area (TPSA) is 99.2 Å². The number of aryl methyl sites for hydroxylation is 2. The van der Waals surface area contributed by atoms with Crippen LogP contribution in [0.25, 0.3) is 11.4 Å². The second kappa shape index (κ2) is 8.49. The van der Waals surface area contributed by atoms with Gasteiger partial charge in [0, 0.05) is 29.8 Å². The number of aromatic carboxylic acids is 1. The molecule has 4 rings (SSSR count). The van der Waals surface area contributed by atoms with E-state index in [-0.39, 0.29) is 26.9 Å². The lowest BCUT2D eigenvalue weighted by Crippen LogP contribution is -2.12. The Hall–Kier alpha value is -3.62. The lowest BCUT2D eigenvalue weighted by atomic mass is 10.1. The van der Waals surface area contributed by atoms with Crippen molar-refractivity contribution < 1.29 is 19.4 Å². The number of hydrogen-bond acceptors (Lipinski definition) is 5. The normalized spacial score (nSPS) is 10.9. The molecule has 2 aromatic carbocycles. The number of esters is 1. The van der Waals surface area contributed by atoms with Gasteiger partial charge in [-0.15, -0.1) is 0 Å². The van der Waals surface area contributed by atoms with E-state index in [4.69, 9.17) is 27.9 Å². The number of carboxylic acid groups (broad SMARTS) is 1. The number of nitrogens with zero attached hydrogens (tertiary/aromatic N) is 4. The molecule has 0 amide bonds. The molecule has 0 radical (unpaired) electrons. The zero-order chi connectivity index (χ0) is 23.0. The third-order valence-electron chi connectivity index (χ3n) is 4.74. The van der Waals surface area contributed by atoms with Crippen LogP contribution in [-0.2, 0) is 0 Å². The highest BCUT2D eigenvalue weighted by molar-refractivity contribution is 6.35. The van der Waals surface area contributed by atoms with Crippen LogP contribution in [0.15, 0.2) is 55.4 Å². The van der Waals surface area contributed by atoms with Crippen molar-refractivity contribution in [3.63, 3.8) is 0 Å². The Bertz CT molecular complexity index is 1360. The molecule has 0 atom stereocenters. The first-order valence-corrected chi connectivity index (χ1v) is 10.1. The number of imidazole rings is 2. The third kappa shape index (κ3) is 4.10. The van der Waals surface area contributed by atoms with Crippen molar-refractivity contribution in [1.82, 2.24) is 19.1 Å². The van der Waals surface area contributed by atoms with Crippen LogP contribution in [0.5, 0.6) is 5.75 Å². The van der Waals surface area contributed by atoms with E-state index >= 15 is 0 Å². The van der Waals surface area contributed by atoms with Crippen molar-refractivity contribution in [3.05, 3.63) is 87.9 Å². The molecule has 0 fully saturated rings. The highest BCUT2D eigenvalue weighted by atomic mass is 35.5.